The SMILES string of the molecule is Cc1ccc(O)c(C)c1NC(=O)c1cnc(Nc2cc(N3CCN(C)CC3)ncn2)s1. The third-order valence-electron chi connectivity index (χ3n) is 5.33. The summed E-state index contributed by atoms with van der Waals surface area (Å²) in [6.45, 7) is 7.48. The lowest BCUT2D eigenvalue weighted by Gasteiger charge is -2.33. The maximum atomic E-state index is 12.7. The Morgan fingerprint density at radius 2 is 1.90 bits per heavy atom. The number of aromatic hydroxyl groups is 1. The monoisotopic (exact) mass is 439 g/mol. The minimum atomic E-state index is -0.275. The molecule has 31 heavy (non-hydrogen) atoms. The zero-order chi connectivity index (χ0) is 22.0. The Balaban J connectivity index is 1.44. The summed E-state index contributed by atoms with van der Waals surface area (Å²) in [7, 11) is 2.11. The molecule has 0 bridgehead atoms. The average Bonchev–Trinajstić information content (AvgIpc) is 3.23. The highest BCUT2D eigenvalue weighted by molar-refractivity contribution is 7.17. The zero-order valence-electron chi connectivity index (χ0n) is 17.7. The number of aryl methyl sites for hydroxylation is 1. The van der Waals surface area contributed by atoms with Crippen molar-refractivity contribution in [1.82, 2.24) is 19.9 Å². The molecule has 0 spiro atoms. The summed E-state index contributed by atoms with van der Waals surface area (Å²) in [6.07, 6.45) is 3.06. The molecule has 1 fully saturated rings. The molecular weight excluding hydrogens is 414 g/mol. The second kappa shape index (κ2) is 8.86. The van der Waals surface area contributed by atoms with Gasteiger partial charge in [0.05, 0.1) is 11.9 Å². The van der Waals surface area contributed by atoms with Crippen LogP contribution in [0.25, 0.3) is 0 Å². The summed E-state index contributed by atoms with van der Waals surface area (Å²) in [5.74, 6) is 1.37. The Labute approximate surface area is 184 Å². The molecule has 0 radical (unpaired) electrons. The Hall–Kier alpha value is -3.24. The quantitative estimate of drug-likeness (QED) is 0.557. The number of thiazole rings is 1. The Bertz CT molecular complexity index is 1090. The molecule has 10 heteroatoms. The van der Waals surface area contributed by atoms with Crippen LogP contribution < -0.4 is 15.5 Å². The van der Waals surface area contributed by atoms with E-state index in [1.807, 2.05) is 13.0 Å². The van der Waals surface area contributed by atoms with Gasteiger partial charge in [-0.2, -0.15) is 0 Å². The van der Waals surface area contributed by atoms with Crippen molar-refractivity contribution < 1.29 is 9.90 Å². The van der Waals surface area contributed by atoms with Gasteiger partial charge >= 0.3 is 0 Å². The maximum absolute atomic E-state index is 12.7. The van der Waals surface area contributed by atoms with Crippen LogP contribution in [0, 0.1) is 13.8 Å². The number of piperazine rings is 1. The van der Waals surface area contributed by atoms with Crippen LogP contribution in [0.4, 0.5) is 22.5 Å². The summed E-state index contributed by atoms with van der Waals surface area (Å²) in [5, 5.41) is 16.5. The molecule has 3 aromatic rings. The van der Waals surface area contributed by atoms with Gasteiger partial charge in [0.25, 0.3) is 5.91 Å². The molecule has 9 nitrogen and oxygen atoms in total. The normalized spacial score (nSPS) is 14.5. The number of likely N-dealkylation sites (N-methyl/N-ethyl adjacent to an activating group) is 1. The number of nitrogens with one attached hydrogen (secondary N) is 2. The minimum absolute atomic E-state index is 0.146. The number of rotatable bonds is 5. The highest BCUT2D eigenvalue weighted by atomic mass is 32.1. The number of benzene rings is 1. The number of anilines is 4. The van der Waals surface area contributed by atoms with Gasteiger partial charge in [0.1, 0.15) is 28.6 Å². The van der Waals surface area contributed by atoms with Gasteiger partial charge in [-0.3, -0.25) is 4.79 Å². The van der Waals surface area contributed by atoms with Gasteiger partial charge in [-0.15, -0.1) is 0 Å². The first kappa shape index (κ1) is 21.0. The number of carbonyl (C=O) groups is 1. The molecule has 1 aromatic carbocycles. The summed E-state index contributed by atoms with van der Waals surface area (Å²) in [5.41, 5.74) is 2.12. The molecular formula is C21H25N7O2S. The number of phenolic OH excluding ortho intramolecular Hbond substituents is 1. The summed E-state index contributed by atoms with van der Waals surface area (Å²) >= 11 is 1.24. The zero-order valence-corrected chi connectivity index (χ0v) is 18.5. The van der Waals surface area contributed by atoms with E-state index in [0.717, 1.165) is 37.6 Å². The van der Waals surface area contributed by atoms with Crippen LogP contribution in [0.15, 0.2) is 30.7 Å². The van der Waals surface area contributed by atoms with Crippen LogP contribution in [-0.4, -0.2) is 64.1 Å². The van der Waals surface area contributed by atoms with Gasteiger partial charge in [0.2, 0.25) is 0 Å². The largest absolute Gasteiger partial charge is 0.508 e. The Morgan fingerprint density at radius 1 is 1.13 bits per heavy atom. The van der Waals surface area contributed by atoms with E-state index in [4.69, 9.17) is 0 Å². The molecule has 162 valence electrons. The van der Waals surface area contributed by atoms with E-state index in [2.05, 4.69) is 42.4 Å². The van der Waals surface area contributed by atoms with Crippen molar-refractivity contribution in [2.75, 3.05) is 48.8 Å². The Morgan fingerprint density at radius 3 is 2.68 bits per heavy atom. The molecule has 3 N–H and O–H groups in total. The van der Waals surface area contributed by atoms with Crippen molar-refractivity contribution in [1.29, 1.82) is 0 Å². The lowest BCUT2D eigenvalue weighted by Crippen LogP contribution is -2.44. The molecule has 0 saturated carbocycles. The van der Waals surface area contributed by atoms with E-state index < -0.39 is 0 Å². The number of hydrogen-bond acceptors (Lipinski definition) is 9. The highest BCUT2D eigenvalue weighted by Crippen LogP contribution is 2.29. The summed E-state index contributed by atoms with van der Waals surface area (Å²) in [6, 6.07) is 5.28. The highest BCUT2D eigenvalue weighted by Gasteiger charge is 2.17. The first-order chi connectivity index (χ1) is 14.9. The van der Waals surface area contributed by atoms with Gasteiger partial charge in [0, 0.05) is 37.8 Å². The fourth-order valence-electron chi connectivity index (χ4n) is 3.37. The predicted molar refractivity (Wildman–Crippen MR) is 123 cm³/mol. The molecule has 4 rings (SSSR count). The van der Waals surface area contributed by atoms with Crippen LogP contribution in [0.2, 0.25) is 0 Å². The molecule has 1 aliphatic heterocycles. The average molecular weight is 440 g/mol. The van der Waals surface area contributed by atoms with Gasteiger partial charge in [-0.1, -0.05) is 17.4 Å². The Kier molecular flexibility index (Phi) is 6.01. The van der Waals surface area contributed by atoms with E-state index in [0.29, 0.717) is 27.1 Å². The molecule has 1 saturated heterocycles. The lowest BCUT2D eigenvalue weighted by atomic mass is 10.1. The fraction of sp³-hybridized carbons (Fsp3) is 0.333. The van der Waals surface area contributed by atoms with Gasteiger partial charge in [-0.25, -0.2) is 15.0 Å². The number of aromatic nitrogens is 3. The maximum Gasteiger partial charge on any atom is 0.267 e. The summed E-state index contributed by atoms with van der Waals surface area (Å²) in [4.78, 5) is 30.6. The van der Waals surface area contributed by atoms with Crippen LogP contribution in [0.1, 0.15) is 20.8 Å². The van der Waals surface area contributed by atoms with Crippen molar-refractivity contribution in [3.8, 4) is 5.75 Å². The lowest BCUT2D eigenvalue weighted by molar-refractivity contribution is 0.103. The third kappa shape index (κ3) is 4.75. The van der Waals surface area contributed by atoms with Gasteiger partial charge < -0.3 is 25.5 Å². The minimum Gasteiger partial charge on any atom is -0.508 e. The molecule has 1 aliphatic rings. The number of nitrogens with zero attached hydrogens (tertiary/aromatic N) is 5. The topological polar surface area (TPSA) is 107 Å². The van der Waals surface area contributed by atoms with Crippen molar-refractivity contribution in [2.45, 2.75) is 13.8 Å². The van der Waals surface area contributed by atoms with Crippen molar-refractivity contribution in [3.63, 3.8) is 0 Å². The molecule has 0 aliphatic carbocycles. The van der Waals surface area contributed by atoms with Crippen LogP contribution in [0.3, 0.4) is 0 Å². The van der Waals surface area contributed by atoms with E-state index in [1.165, 1.54) is 23.9 Å². The van der Waals surface area contributed by atoms with Gasteiger partial charge in [-0.05, 0) is 32.5 Å². The van der Waals surface area contributed by atoms with E-state index >= 15 is 0 Å². The van der Waals surface area contributed by atoms with E-state index in [1.54, 1.807) is 19.1 Å². The predicted octanol–water partition coefficient (Wildman–Crippen LogP) is 3.00. The molecule has 1 amide bonds. The molecule has 0 atom stereocenters. The number of amides is 1. The fourth-order valence-corrected chi connectivity index (χ4v) is 4.09. The molecule has 3 heterocycles. The summed E-state index contributed by atoms with van der Waals surface area (Å²) < 4.78 is 0. The second-order valence-electron chi connectivity index (χ2n) is 7.56. The number of carbonyl (C=O) groups excluding carboxylic acids is 1. The number of hydrogen-bond donors (Lipinski definition) is 3. The van der Waals surface area contributed by atoms with Crippen molar-refractivity contribution in [3.05, 3.63) is 46.7 Å². The second-order valence-corrected chi connectivity index (χ2v) is 8.59. The van der Waals surface area contributed by atoms with Crippen LogP contribution in [0.5, 0.6) is 5.75 Å². The smallest absolute Gasteiger partial charge is 0.267 e. The van der Waals surface area contributed by atoms with Crippen LogP contribution >= 0.6 is 11.3 Å². The van der Waals surface area contributed by atoms with E-state index in [-0.39, 0.29) is 11.7 Å². The van der Waals surface area contributed by atoms with E-state index in [9.17, 15) is 9.90 Å². The van der Waals surface area contributed by atoms with Crippen molar-refractivity contribution in [2.24, 2.45) is 0 Å². The third-order valence-corrected chi connectivity index (χ3v) is 6.24. The molecule has 0 unspecified atom stereocenters. The van der Waals surface area contributed by atoms with Crippen LogP contribution in [-0.2, 0) is 0 Å². The molecule has 2 aromatic heterocycles. The van der Waals surface area contributed by atoms with Crippen molar-refractivity contribution >= 4 is 39.7 Å². The first-order valence-corrected chi connectivity index (χ1v) is 10.8. The number of phenols is 1. The first-order valence-electron chi connectivity index (χ1n) is 9.99. The standard InChI is InChI=1S/C21H25N7O2S/c1-13-4-5-15(29)14(2)19(13)26-20(30)16-11-22-21(31-16)25-17-10-18(24-12-23-17)28-8-6-27(3)7-9-28/h4-5,10-12,29H,6-9H2,1-3H3,(H,26,30)(H,22,23,24,25). The van der Waals surface area contributed by atoms with Gasteiger partial charge in [0.15, 0.2) is 5.13 Å².